The van der Waals surface area contributed by atoms with Crippen LogP contribution in [0.3, 0.4) is 0 Å². The predicted molar refractivity (Wildman–Crippen MR) is 83.8 cm³/mol. The second kappa shape index (κ2) is 6.13. The largest absolute Gasteiger partial charge is 0.315 e. The number of hydrogen-bond donors (Lipinski definition) is 2. The van der Waals surface area contributed by atoms with Gasteiger partial charge in [-0.2, -0.15) is 0 Å². The van der Waals surface area contributed by atoms with E-state index in [4.69, 9.17) is 0 Å². The minimum Gasteiger partial charge on any atom is -0.315 e. The van der Waals surface area contributed by atoms with Crippen LogP contribution in [0.2, 0.25) is 0 Å². The minimum atomic E-state index is -3.69. The molecule has 0 bridgehead atoms. The number of hydrogen-bond acceptors (Lipinski definition) is 4. The smallest absolute Gasteiger partial charge is 0.263 e. The maximum atomic E-state index is 13.2. The van der Waals surface area contributed by atoms with Crippen LogP contribution in [0.25, 0.3) is 0 Å². The van der Waals surface area contributed by atoms with E-state index in [1.165, 1.54) is 29.5 Å². The van der Waals surface area contributed by atoms with Crippen LogP contribution in [0.5, 0.6) is 0 Å². The van der Waals surface area contributed by atoms with Gasteiger partial charge in [0, 0.05) is 17.1 Å². The molecule has 1 aromatic heterocycles. The van der Waals surface area contributed by atoms with Gasteiger partial charge in [-0.3, -0.25) is 4.72 Å². The van der Waals surface area contributed by atoms with Crippen LogP contribution < -0.4 is 10.0 Å². The molecule has 0 amide bonds. The number of thiophene rings is 1. The number of nitrogens with one attached hydrogen (secondary N) is 2. The van der Waals surface area contributed by atoms with Crippen molar-refractivity contribution in [2.45, 2.75) is 25.3 Å². The lowest BCUT2D eigenvalue weighted by Crippen LogP contribution is -2.16. The first-order valence-electron chi connectivity index (χ1n) is 6.35. The number of sulfonamides is 1. The quantitative estimate of drug-likeness (QED) is 0.887. The van der Waals surface area contributed by atoms with E-state index < -0.39 is 10.0 Å². The van der Waals surface area contributed by atoms with Crippen molar-refractivity contribution < 1.29 is 12.8 Å². The zero-order valence-corrected chi connectivity index (χ0v) is 13.7. The van der Waals surface area contributed by atoms with Crippen molar-refractivity contribution in [1.29, 1.82) is 0 Å². The van der Waals surface area contributed by atoms with Crippen molar-refractivity contribution in [3.63, 3.8) is 0 Å². The lowest BCUT2D eigenvalue weighted by molar-refractivity contribution is 0.599. The summed E-state index contributed by atoms with van der Waals surface area (Å²) in [7, 11) is -1.92. The Bertz CT molecular complexity index is 754. The summed E-state index contributed by atoms with van der Waals surface area (Å²) in [4.78, 5) is 1.05. The number of aryl methyl sites for hydroxylation is 2. The first-order valence-corrected chi connectivity index (χ1v) is 8.72. The van der Waals surface area contributed by atoms with Gasteiger partial charge in [-0.1, -0.05) is 0 Å². The molecule has 0 unspecified atom stereocenters. The molecule has 0 aliphatic rings. The number of anilines is 1. The molecule has 2 rings (SSSR count). The molecule has 0 saturated heterocycles. The van der Waals surface area contributed by atoms with Crippen molar-refractivity contribution >= 4 is 27.0 Å². The fraction of sp³-hybridized carbons (Fsp3) is 0.286. The molecule has 0 aliphatic heterocycles. The molecular formula is C14H17FN2O2S2. The van der Waals surface area contributed by atoms with E-state index in [1.54, 1.807) is 20.9 Å². The van der Waals surface area contributed by atoms with Crippen molar-refractivity contribution in [3.8, 4) is 0 Å². The second-order valence-electron chi connectivity index (χ2n) is 4.77. The SMILES string of the molecule is CNCc1scc(C)c1S(=O)(=O)Nc1ccc(F)c(C)c1. The van der Waals surface area contributed by atoms with E-state index in [9.17, 15) is 12.8 Å². The Morgan fingerprint density at radius 3 is 2.57 bits per heavy atom. The Labute approximate surface area is 128 Å². The summed E-state index contributed by atoms with van der Waals surface area (Å²) in [6.07, 6.45) is 0. The van der Waals surface area contributed by atoms with Crippen LogP contribution in [-0.2, 0) is 16.6 Å². The maximum Gasteiger partial charge on any atom is 0.263 e. The normalized spacial score (nSPS) is 11.6. The van der Waals surface area contributed by atoms with Gasteiger partial charge in [-0.05, 0) is 55.6 Å². The van der Waals surface area contributed by atoms with E-state index in [0.717, 1.165) is 4.88 Å². The summed E-state index contributed by atoms with van der Waals surface area (Å²) in [6, 6.07) is 4.15. The van der Waals surface area contributed by atoms with Crippen LogP contribution in [0, 0.1) is 19.7 Å². The third kappa shape index (κ3) is 3.42. The highest BCUT2D eigenvalue weighted by Crippen LogP contribution is 2.28. The maximum absolute atomic E-state index is 13.2. The van der Waals surface area contributed by atoms with Gasteiger partial charge in [0.05, 0.1) is 0 Å². The summed E-state index contributed by atoms with van der Waals surface area (Å²) in [6.45, 7) is 3.84. The average molecular weight is 328 g/mol. The van der Waals surface area contributed by atoms with E-state index in [2.05, 4.69) is 10.0 Å². The number of rotatable bonds is 5. The number of benzene rings is 1. The van der Waals surface area contributed by atoms with Gasteiger partial charge in [-0.25, -0.2) is 12.8 Å². The van der Waals surface area contributed by atoms with Crippen molar-refractivity contribution in [3.05, 3.63) is 45.4 Å². The Kier molecular flexibility index (Phi) is 4.65. The summed E-state index contributed by atoms with van der Waals surface area (Å²) < 4.78 is 40.9. The van der Waals surface area contributed by atoms with E-state index in [-0.39, 0.29) is 5.82 Å². The van der Waals surface area contributed by atoms with Gasteiger partial charge >= 0.3 is 0 Å². The molecule has 0 aliphatic carbocycles. The highest BCUT2D eigenvalue weighted by atomic mass is 32.2. The van der Waals surface area contributed by atoms with Crippen molar-refractivity contribution in [2.24, 2.45) is 0 Å². The van der Waals surface area contributed by atoms with Crippen molar-refractivity contribution in [2.75, 3.05) is 11.8 Å². The van der Waals surface area contributed by atoms with Gasteiger partial charge < -0.3 is 5.32 Å². The molecule has 7 heteroatoms. The third-order valence-electron chi connectivity index (χ3n) is 3.01. The van der Waals surface area contributed by atoms with Gasteiger partial charge in [-0.15, -0.1) is 11.3 Å². The topological polar surface area (TPSA) is 58.2 Å². The van der Waals surface area contributed by atoms with Gasteiger partial charge in [0.25, 0.3) is 10.0 Å². The highest BCUT2D eigenvalue weighted by molar-refractivity contribution is 7.93. The van der Waals surface area contributed by atoms with Crippen LogP contribution >= 0.6 is 11.3 Å². The molecule has 0 saturated carbocycles. The van der Waals surface area contributed by atoms with Crippen molar-refractivity contribution in [1.82, 2.24) is 5.32 Å². The average Bonchev–Trinajstić information content (AvgIpc) is 2.76. The van der Waals surface area contributed by atoms with Crippen LogP contribution in [-0.4, -0.2) is 15.5 Å². The Hall–Kier alpha value is -1.44. The second-order valence-corrected chi connectivity index (χ2v) is 7.35. The molecular weight excluding hydrogens is 311 g/mol. The third-order valence-corrected chi connectivity index (χ3v) is 5.85. The first kappa shape index (κ1) is 15.9. The molecule has 1 aromatic carbocycles. The van der Waals surface area contributed by atoms with Crippen LogP contribution in [0.15, 0.2) is 28.5 Å². The Morgan fingerprint density at radius 1 is 1.24 bits per heavy atom. The van der Waals surface area contributed by atoms with Gasteiger partial charge in [0.1, 0.15) is 10.7 Å². The fourth-order valence-electron chi connectivity index (χ4n) is 2.05. The highest BCUT2D eigenvalue weighted by Gasteiger charge is 2.23. The predicted octanol–water partition coefficient (Wildman–Crippen LogP) is 3.02. The van der Waals surface area contributed by atoms with E-state index >= 15 is 0 Å². The molecule has 2 N–H and O–H groups in total. The summed E-state index contributed by atoms with van der Waals surface area (Å²) in [5.74, 6) is -0.361. The molecule has 114 valence electrons. The van der Waals surface area contributed by atoms with Gasteiger partial charge in [0.2, 0.25) is 0 Å². The molecule has 2 aromatic rings. The summed E-state index contributed by atoms with van der Waals surface area (Å²) >= 11 is 1.40. The van der Waals surface area contributed by atoms with Crippen LogP contribution in [0.4, 0.5) is 10.1 Å². The zero-order valence-electron chi connectivity index (χ0n) is 12.0. The molecule has 21 heavy (non-hydrogen) atoms. The van der Waals surface area contributed by atoms with E-state index in [1.807, 2.05) is 5.38 Å². The monoisotopic (exact) mass is 328 g/mol. The standard InChI is InChI=1S/C14H17FN2O2S2/c1-9-6-11(4-5-12(9)15)17-21(18,19)14-10(2)8-20-13(14)7-16-3/h4-6,8,16-17H,7H2,1-3H3. The molecule has 0 fully saturated rings. The molecule has 0 radical (unpaired) electrons. The summed E-state index contributed by atoms with van der Waals surface area (Å²) in [5, 5.41) is 4.78. The summed E-state index contributed by atoms with van der Waals surface area (Å²) in [5.41, 5.74) is 1.46. The molecule has 1 heterocycles. The number of halogens is 1. The van der Waals surface area contributed by atoms with Crippen LogP contribution in [0.1, 0.15) is 16.0 Å². The van der Waals surface area contributed by atoms with Gasteiger partial charge in [0.15, 0.2) is 0 Å². The lowest BCUT2D eigenvalue weighted by atomic mass is 10.2. The Balaban J connectivity index is 2.38. The Morgan fingerprint density at radius 2 is 1.95 bits per heavy atom. The molecule has 4 nitrogen and oxygen atoms in total. The zero-order chi connectivity index (χ0) is 15.6. The van der Waals surface area contributed by atoms with E-state index in [0.29, 0.717) is 28.3 Å². The fourth-order valence-corrected chi connectivity index (χ4v) is 4.92. The lowest BCUT2D eigenvalue weighted by Gasteiger charge is -2.11. The first-order chi connectivity index (χ1) is 9.85. The molecule has 0 spiro atoms. The molecule has 0 atom stereocenters. The minimum absolute atomic E-state index is 0.295.